The Morgan fingerprint density at radius 2 is 2.00 bits per heavy atom. The van der Waals surface area contributed by atoms with E-state index in [9.17, 15) is 5.11 Å². The number of aromatic nitrogens is 3. The van der Waals surface area contributed by atoms with Gasteiger partial charge in [0, 0.05) is 23.5 Å². The van der Waals surface area contributed by atoms with Crippen LogP contribution in [0.1, 0.15) is 18.9 Å². The molecule has 0 saturated carbocycles. The number of piperidine rings is 1. The number of benzene rings is 2. The fourth-order valence-electron chi connectivity index (χ4n) is 4.16. The molecule has 0 bridgehead atoms. The third-order valence-electron chi connectivity index (χ3n) is 5.89. The van der Waals surface area contributed by atoms with Crippen LogP contribution < -0.4 is 15.4 Å². The summed E-state index contributed by atoms with van der Waals surface area (Å²) in [5.74, 6) is 0.274. The topological polar surface area (TPSA) is 84.2 Å². The van der Waals surface area contributed by atoms with Crippen molar-refractivity contribution in [1.29, 1.82) is 0 Å². The lowest BCUT2D eigenvalue weighted by molar-refractivity contribution is 0.343. The standard InChI is InChI=1S/C24H24ClN5O2/c1-32-23-12-16(11-20(25)24(23)31)15-2-3-21-19(10-15)22(6-9-27-21)29-17-13-28-30(14-17)18-4-7-26-8-5-18/h2-3,6,9-14,18,26,31H,4-5,7-8H2,1H3,(H,27,29). The van der Waals surface area contributed by atoms with Gasteiger partial charge in [-0.15, -0.1) is 0 Å². The maximum absolute atomic E-state index is 10.1. The Hall–Kier alpha value is -3.29. The zero-order valence-corrected chi connectivity index (χ0v) is 18.4. The lowest BCUT2D eigenvalue weighted by Crippen LogP contribution is -2.29. The molecule has 4 aromatic rings. The second kappa shape index (κ2) is 8.68. The van der Waals surface area contributed by atoms with Gasteiger partial charge in [0.15, 0.2) is 11.5 Å². The molecule has 5 rings (SSSR count). The molecule has 3 N–H and O–H groups in total. The number of nitrogens with zero attached hydrogens (tertiary/aromatic N) is 3. The molecular formula is C24H24ClN5O2. The lowest BCUT2D eigenvalue weighted by Gasteiger charge is -2.22. The zero-order valence-electron chi connectivity index (χ0n) is 17.7. The van der Waals surface area contributed by atoms with Gasteiger partial charge < -0.3 is 20.5 Å². The maximum atomic E-state index is 10.1. The number of ether oxygens (including phenoxy) is 1. The molecule has 1 aliphatic heterocycles. The molecule has 0 spiro atoms. The molecular weight excluding hydrogens is 426 g/mol. The number of pyridine rings is 1. The summed E-state index contributed by atoms with van der Waals surface area (Å²) < 4.78 is 7.32. The van der Waals surface area contributed by atoms with Crippen molar-refractivity contribution in [2.24, 2.45) is 0 Å². The summed E-state index contributed by atoms with van der Waals surface area (Å²) in [6, 6.07) is 11.9. The minimum atomic E-state index is -0.0616. The molecule has 0 unspecified atom stereocenters. The zero-order chi connectivity index (χ0) is 22.1. The van der Waals surface area contributed by atoms with Gasteiger partial charge in [0.25, 0.3) is 0 Å². The lowest BCUT2D eigenvalue weighted by atomic mass is 10.0. The van der Waals surface area contributed by atoms with Gasteiger partial charge >= 0.3 is 0 Å². The molecule has 2 aromatic heterocycles. The third-order valence-corrected chi connectivity index (χ3v) is 6.17. The predicted octanol–water partition coefficient (Wildman–Crippen LogP) is 5.13. The van der Waals surface area contributed by atoms with Crippen LogP contribution in [-0.2, 0) is 0 Å². The van der Waals surface area contributed by atoms with Crippen molar-refractivity contribution < 1.29 is 9.84 Å². The maximum Gasteiger partial charge on any atom is 0.176 e. The number of fused-ring (bicyclic) bond motifs is 1. The molecule has 32 heavy (non-hydrogen) atoms. The first-order valence-corrected chi connectivity index (χ1v) is 11.0. The highest BCUT2D eigenvalue weighted by atomic mass is 35.5. The number of hydrogen-bond donors (Lipinski definition) is 3. The number of phenols is 1. The van der Waals surface area contributed by atoms with Crippen molar-refractivity contribution in [3.8, 4) is 22.6 Å². The molecule has 0 aliphatic carbocycles. The summed E-state index contributed by atoms with van der Waals surface area (Å²) in [5, 5.41) is 22.7. The molecule has 1 fully saturated rings. The molecule has 7 nitrogen and oxygen atoms in total. The summed E-state index contributed by atoms with van der Waals surface area (Å²) in [4.78, 5) is 4.50. The highest BCUT2D eigenvalue weighted by Crippen LogP contribution is 2.39. The van der Waals surface area contributed by atoms with E-state index in [2.05, 4.69) is 37.7 Å². The Morgan fingerprint density at radius 1 is 1.16 bits per heavy atom. The number of anilines is 2. The van der Waals surface area contributed by atoms with Gasteiger partial charge in [-0.3, -0.25) is 9.67 Å². The quantitative estimate of drug-likeness (QED) is 0.391. The average Bonchev–Trinajstić information content (AvgIpc) is 3.30. The Bertz CT molecular complexity index is 1270. The third kappa shape index (κ3) is 3.97. The minimum Gasteiger partial charge on any atom is -0.503 e. The van der Waals surface area contributed by atoms with E-state index in [1.165, 1.54) is 7.11 Å². The summed E-state index contributed by atoms with van der Waals surface area (Å²) in [7, 11) is 1.51. The molecule has 0 radical (unpaired) electrons. The molecule has 8 heteroatoms. The first-order chi connectivity index (χ1) is 15.6. The van der Waals surface area contributed by atoms with E-state index in [1.807, 2.05) is 24.4 Å². The molecule has 164 valence electrons. The number of aromatic hydroxyl groups is 1. The van der Waals surface area contributed by atoms with Gasteiger partial charge in [-0.2, -0.15) is 5.10 Å². The number of methoxy groups -OCH3 is 1. The van der Waals surface area contributed by atoms with Crippen LogP contribution in [0.15, 0.2) is 55.0 Å². The molecule has 3 heterocycles. The molecule has 0 atom stereocenters. The normalized spacial score (nSPS) is 14.6. The monoisotopic (exact) mass is 449 g/mol. The van der Waals surface area contributed by atoms with E-state index in [-0.39, 0.29) is 10.8 Å². The summed E-state index contributed by atoms with van der Waals surface area (Å²) >= 11 is 6.20. The van der Waals surface area contributed by atoms with Crippen molar-refractivity contribution in [3.05, 3.63) is 60.0 Å². The van der Waals surface area contributed by atoms with Gasteiger partial charge in [-0.25, -0.2) is 0 Å². The first-order valence-electron chi connectivity index (χ1n) is 10.6. The summed E-state index contributed by atoms with van der Waals surface area (Å²) in [6.07, 6.45) is 7.89. The van der Waals surface area contributed by atoms with E-state index in [4.69, 9.17) is 16.3 Å². The van der Waals surface area contributed by atoms with Gasteiger partial charge in [-0.05, 0) is 67.4 Å². The second-order valence-electron chi connectivity index (χ2n) is 7.91. The van der Waals surface area contributed by atoms with Gasteiger partial charge in [0.05, 0.1) is 35.6 Å². The van der Waals surface area contributed by atoms with Crippen LogP contribution in [0.3, 0.4) is 0 Å². The van der Waals surface area contributed by atoms with Crippen LogP contribution in [0, 0.1) is 0 Å². The van der Waals surface area contributed by atoms with E-state index >= 15 is 0 Å². The minimum absolute atomic E-state index is 0.0616. The van der Waals surface area contributed by atoms with Crippen LogP contribution in [0.2, 0.25) is 5.02 Å². The highest BCUT2D eigenvalue weighted by Gasteiger charge is 2.16. The predicted molar refractivity (Wildman–Crippen MR) is 127 cm³/mol. The van der Waals surface area contributed by atoms with E-state index in [1.54, 1.807) is 18.3 Å². The molecule has 0 amide bonds. The Morgan fingerprint density at radius 3 is 2.81 bits per heavy atom. The van der Waals surface area contributed by atoms with Crippen molar-refractivity contribution in [2.75, 3.05) is 25.5 Å². The number of hydrogen-bond acceptors (Lipinski definition) is 6. The van der Waals surface area contributed by atoms with E-state index in [0.29, 0.717) is 11.8 Å². The number of nitrogens with one attached hydrogen (secondary N) is 2. The van der Waals surface area contributed by atoms with Crippen molar-refractivity contribution >= 4 is 33.9 Å². The van der Waals surface area contributed by atoms with Gasteiger partial charge in [0.1, 0.15) is 0 Å². The van der Waals surface area contributed by atoms with Crippen molar-refractivity contribution in [1.82, 2.24) is 20.1 Å². The van der Waals surface area contributed by atoms with Crippen molar-refractivity contribution in [3.63, 3.8) is 0 Å². The fourth-order valence-corrected chi connectivity index (χ4v) is 4.37. The number of phenolic OH excluding ortho intramolecular Hbond substituents is 1. The van der Waals surface area contributed by atoms with Crippen LogP contribution in [0.4, 0.5) is 11.4 Å². The Labute approximate surface area is 191 Å². The Kier molecular flexibility index (Phi) is 5.59. The summed E-state index contributed by atoms with van der Waals surface area (Å²) in [6.45, 7) is 2.05. The van der Waals surface area contributed by atoms with Gasteiger partial charge in [0.2, 0.25) is 0 Å². The molecule has 1 saturated heterocycles. The van der Waals surface area contributed by atoms with E-state index in [0.717, 1.165) is 59.3 Å². The second-order valence-corrected chi connectivity index (χ2v) is 8.32. The van der Waals surface area contributed by atoms with Gasteiger partial charge in [-0.1, -0.05) is 17.7 Å². The van der Waals surface area contributed by atoms with Crippen LogP contribution in [-0.4, -0.2) is 40.1 Å². The van der Waals surface area contributed by atoms with E-state index < -0.39 is 0 Å². The summed E-state index contributed by atoms with van der Waals surface area (Å²) in [5.41, 5.74) is 4.55. The molecule has 2 aromatic carbocycles. The van der Waals surface area contributed by atoms with Crippen LogP contribution in [0.5, 0.6) is 11.5 Å². The van der Waals surface area contributed by atoms with Crippen LogP contribution >= 0.6 is 11.6 Å². The number of halogens is 1. The number of rotatable bonds is 5. The average molecular weight is 450 g/mol. The van der Waals surface area contributed by atoms with Crippen LogP contribution in [0.25, 0.3) is 22.0 Å². The first kappa shape index (κ1) is 20.6. The smallest absolute Gasteiger partial charge is 0.176 e. The SMILES string of the molecule is COc1cc(-c2ccc3nccc(Nc4cnn(C5CCNCC5)c4)c3c2)cc(Cl)c1O. The van der Waals surface area contributed by atoms with Crippen molar-refractivity contribution in [2.45, 2.75) is 18.9 Å². The molecule has 1 aliphatic rings. The Balaban J connectivity index is 1.48. The highest BCUT2D eigenvalue weighted by molar-refractivity contribution is 6.32. The largest absolute Gasteiger partial charge is 0.503 e. The fraction of sp³-hybridized carbons (Fsp3) is 0.250.